The Morgan fingerprint density at radius 3 is 2.95 bits per heavy atom. The molecule has 2 unspecified atom stereocenters. The zero-order valence-electron chi connectivity index (χ0n) is 12.7. The number of hydrogen-bond donors (Lipinski definition) is 1. The maximum Gasteiger partial charge on any atom is 0.0492 e. The van der Waals surface area contributed by atoms with Crippen molar-refractivity contribution in [3.63, 3.8) is 0 Å². The SMILES string of the molecule is CC(C)CC1CCCC(NCCc2ccnn2C)C1. The van der Waals surface area contributed by atoms with Crippen molar-refractivity contribution < 1.29 is 0 Å². The van der Waals surface area contributed by atoms with Gasteiger partial charge in [-0.05, 0) is 37.2 Å². The molecule has 0 aromatic carbocycles. The first-order valence-corrected chi connectivity index (χ1v) is 7.85. The summed E-state index contributed by atoms with van der Waals surface area (Å²) in [7, 11) is 2.02. The van der Waals surface area contributed by atoms with Gasteiger partial charge >= 0.3 is 0 Å². The molecule has 1 aliphatic carbocycles. The maximum atomic E-state index is 4.22. The fourth-order valence-corrected chi connectivity index (χ4v) is 3.41. The highest BCUT2D eigenvalue weighted by Gasteiger charge is 2.22. The number of hydrogen-bond acceptors (Lipinski definition) is 2. The van der Waals surface area contributed by atoms with Crippen molar-refractivity contribution in [3.05, 3.63) is 18.0 Å². The molecule has 3 heteroatoms. The van der Waals surface area contributed by atoms with Gasteiger partial charge in [-0.2, -0.15) is 5.10 Å². The Kier molecular flexibility index (Phi) is 5.44. The summed E-state index contributed by atoms with van der Waals surface area (Å²) >= 11 is 0. The fourth-order valence-electron chi connectivity index (χ4n) is 3.41. The van der Waals surface area contributed by atoms with Crippen LogP contribution >= 0.6 is 0 Å². The first-order chi connectivity index (χ1) is 9.15. The smallest absolute Gasteiger partial charge is 0.0492 e. The van der Waals surface area contributed by atoms with Crippen LogP contribution < -0.4 is 5.32 Å². The summed E-state index contributed by atoms with van der Waals surface area (Å²) in [6.45, 7) is 5.78. The minimum Gasteiger partial charge on any atom is -0.314 e. The molecule has 1 saturated carbocycles. The van der Waals surface area contributed by atoms with Crippen LogP contribution in [0.1, 0.15) is 51.6 Å². The molecular weight excluding hydrogens is 234 g/mol. The lowest BCUT2D eigenvalue weighted by Crippen LogP contribution is -2.35. The van der Waals surface area contributed by atoms with Gasteiger partial charge < -0.3 is 5.32 Å². The van der Waals surface area contributed by atoms with Crippen LogP contribution in [0.15, 0.2) is 12.3 Å². The summed E-state index contributed by atoms with van der Waals surface area (Å²) in [5, 5.41) is 7.96. The number of rotatable bonds is 6. The van der Waals surface area contributed by atoms with Crippen molar-refractivity contribution in [1.82, 2.24) is 15.1 Å². The molecule has 2 atom stereocenters. The molecule has 1 heterocycles. The molecule has 0 aliphatic heterocycles. The Bertz CT molecular complexity index is 370. The van der Waals surface area contributed by atoms with Crippen LogP contribution in [0.2, 0.25) is 0 Å². The second-order valence-electron chi connectivity index (χ2n) is 6.51. The average molecular weight is 263 g/mol. The molecule has 2 rings (SSSR count). The largest absolute Gasteiger partial charge is 0.314 e. The van der Waals surface area contributed by atoms with Crippen LogP contribution in [0, 0.1) is 11.8 Å². The second-order valence-corrected chi connectivity index (χ2v) is 6.51. The lowest BCUT2D eigenvalue weighted by atomic mass is 9.81. The summed E-state index contributed by atoms with van der Waals surface area (Å²) in [5.41, 5.74) is 1.32. The summed E-state index contributed by atoms with van der Waals surface area (Å²) in [5.74, 6) is 1.79. The van der Waals surface area contributed by atoms with Crippen molar-refractivity contribution in [2.45, 2.75) is 58.4 Å². The van der Waals surface area contributed by atoms with Gasteiger partial charge in [0.2, 0.25) is 0 Å². The van der Waals surface area contributed by atoms with E-state index in [0.29, 0.717) is 0 Å². The standard InChI is InChI=1S/C16H29N3/c1-13(2)11-14-5-4-6-15(12-14)17-9-7-16-8-10-18-19(16)3/h8,10,13-15,17H,4-7,9,11-12H2,1-3H3. The van der Waals surface area contributed by atoms with Gasteiger partial charge in [0.05, 0.1) is 0 Å². The molecule has 0 saturated heterocycles. The highest BCUT2D eigenvalue weighted by Crippen LogP contribution is 2.29. The van der Waals surface area contributed by atoms with Gasteiger partial charge in [0.1, 0.15) is 0 Å². The zero-order valence-corrected chi connectivity index (χ0v) is 12.7. The third-order valence-electron chi connectivity index (χ3n) is 4.32. The molecule has 1 aromatic rings. The van der Waals surface area contributed by atoms with Crippen molar-refractivity contribution in [2.75, 3.05) is 6.54 Å². The predicted octanol–water partition coefficient (Wildman–Crippen LogP) is 3.16. The van der Waals surface area contributed by atoms with Gasteiger partial charge in [0.25, 0.3) is 0 Å². The van der Waals surface area contributed by atoms with Gasteiger partial charge in [0.15, 0.2) is 0 Å². The van der Waals surface area contributed by atoms with Gasteiger partial charge in [-0.3, -0.25) is 4.68 Å². The van der Waals surface area contributed by atoms with Gasteiger partial charge in [0, 0.05) is 37.9 Å². The summed E-state index contributed by atoms with van der Waals surface area (Å²) in [6, 6.07) is 2.86. The highest BCUT2D eigenvalue weighted by molar-refractivity contribution is 5.00. The number of nitrogens with one attached hydrogen (secondary N) is 1. The van der Waals surface area contributed by atoms with E-state index in [9.17, 15) is 0 Å². The molecule has 1 aromatic heterocycles. The first kappa shape index (κ1) is 14.6. The molecule has 108 valence electrons. The van der Waals surface area contributed by atoms with Crippen molar-refractivity contribution in [1.29, 1.82) is 0 Å². The predicted molar refractivity (Wildman–Crippen MR) is 80.1 cm³/mol. The zero-order chi connectivity index (χ0) is 13.7. The van der Waals surface area contributed by atoms with Gasteiger partial charge in [-0.25, -0.2) is 0 Å². The lowest BCUT2D eigenvalue weighted by Gasteiger charge is -2.31. The van der Waals surface area contributed by atoms with E-state index in [1.54, 1.807) is 0 Å². The Morgan fingerprint density at radius 1 is 1.42 bits per heavy atom. The minimum absolute atomic E-state index is 0.741. The number of aromatic nitrogens is 2. The van der Waals surface area contributed by atoms with Crippen LogP contribution in [-0.2, 0) is 13.5 Å². The molecule has 0 radical (unpaired) electrons. The summed E-state index contributed by atoms with van der Waals surface area (Å²) in [6.07, 6.45) is 9.96. The van der Waals surface area contributed by atoms with Crippen LogP contribution in [0.25, 0.3) is 0 Å². The van der Waals surface area contributed by atoms with E-state index in [0.717, 1.165) is 30.8 Å². The maximum absolute atomic E-state index is 4.22. The molecule has 1 N–H and O–H groups in total. The van der Waals surface area contributed by atoms with Gasteiger partial charge in [-0.15, -0.1) is 0 Å². The van der Waals surface area contributed by atoms with E-state index in [4.69, 9.17) is 0 Å². The topological polar surface area (TPSA) is 29.9 Å². The van der Waals surface area contributed by atoms with E-state index < -0.39 is 0 Å². The quantitative estimate of drug-likeness (QED) is 0.854. The first-order valence-electron chi connectivity index (χ1n) is 7.85. The van der Waals surface area contributed by atoms with Crippen molar-refractivity contribution in [2.24, 2.45) is 18.9 Å². The molecule has 19 heavy (non-hydrogen) atoms. The third-order valence-corrected chi connectivity index (χ3v) is 4.32. The number of aryl methyl sites for hydroxylation is 1. The average Bonchev–Trinajstić information content (AvgIpc) is 2.75. The van der Waals surface area contributed by atoms with Crippen LogP contribution in [0.3, 0.4) is 0 Å². The Balaban J connectivity index is 1.69. The van der Waals surface area contributed by atoms with Gasteiger partial charge in [-0.1, -0.05) is 26.7 Å². The van der Waals surface area contributed by atoms with Crippen molar-refractivity contribution in [3.8, 4) is 0 Å². The van der Waals surface area contributed by atoms with E-state index >= 15 is 0 Å². The molecule has 0 amide bonds. The Hall–Kier alpha value is -0.830. The second kappa shape index (κ2) is 7.09. The molecule has 1 aliphatic rings. The summed E-state index contributed by atoms with van der Waals surface area (Å²) < 4.78 is 1.98. The van der Waals surface area contributed by atoms with Crippen LogP contribution in [0.4, 0.5) is 0 Å². The molecule has 3 nitrogen and oxygen atoms in total. The Labute approximate surface area is 117 Å². The van der Waals surface area contributed by atoms with E-state index in [1.807, 2.05) is 17.9 Å². The molecule has 1 fully saturated rings. The molecule has 0 bridgehead atoms. The molecule has 0 spiro atoms. The van der Waals surface area contributed by atoms with E-state index in [-0.39, 0.29) is 0 Å². The molecular formula is C16H29N3. The summed E-state index contributed by atoms with van der Waals surface area (Å²) in [4.78, 5) is 0. The third kappa shape index (κ3) is 4.64. The van der Waals surface area contributed by atoms with Crippen molar-refractivity contribution >= 4 is 0 Å². The monoisotopic (exact) mass is 263 g/mol. The van der Waals surface area contributed by atoms with Crippen LogP contribution in [-0.4, -0.2) is 22.4 Å². The minimum atomic E-state index is 0.741. The highest BCUT2D eigenvalue weighted by atomic mass is 15.3. The normalized spacial score (nSPS) is 24.0. The fraction of sp³-hybridized carbons (Fsp3) is 0.812. The van der Waals surface area contributed by atoms with E-state index in [1.165, 1.54) is 37.8 Å². The number of nitrogens with zero attached hydrogens (tertiary/aromatic N) is 2. The van der Waals surface area contributed by atoms with Crippen LogP contribution in [0.5, 0.6) is 0 Å². The van der Waals surface area contributed by atoms with E-state index in [2.05, 4.69) is 30.3 Å². The lowest BCUT2D eigenvalue weighted by molar-refractivity contribution is 0.253. The Morgan fingerprint density at radius 2 is 2.26 bits per heavy atom.